The average molecular weight is 406 g/mol. The first-order chi connectivity index (χ1) is 14.5. The number of likely N-dealkylation sites (N-methyl/N-ethyl adjacent to an activating group) is 1. The fourth-order valence-corrected chi connectivity index (χ4v) is 3.90. The van der Waals surface area contributed by atoms with E-state index in [-0.39, 0.29) is 11.9 Å². The number of pyridine rings is 1. The minimum atomic E-state index is 0.104. The zero-order valence-electron chi connectivity index (χ0n) is 18.2. The Hall–Kier alpha value is -3.07. The third-order valence-corrected chi connectivity index (χ3v) is 5.73. The maximum absolute atomic E-state index is 12.9. The Morgan fingerprint density at radius 1 is 1.27 bits per heavy atom. The van der Waals surface area contributed by atoms with Crippen LogP contribution in [0.1, 0.15) is 37.8 Å². The van der Waals surface area contributed by atoms with Crippen molar-refractivity contribution < 1.29 is 4.79 Å². The summed E-state index contributed by atoms with van der Waals surface area (Å²) in [6, 6.07) is 14.4. The van der Waals surface area contributed by atoms with E-state index in [9.17, 15) is 10.1 Å². The van der Waals surface area contributed by atoms with Gasteiger partial charge in [-0.25, -0.2) is 4.98 Å². The molecule has 158 valence electrons. The predicted molar refractivity (Wildman–Crippen MR) is 121 cm³/mol. The van der Waals surface area contributed by atoms with E-state index in [2.05, 4.69) is 54.1 Å². The highest BCUT2D eigenvalue weighted by atomic mass is 16.2. The van der Waals surface area contributed by atoms with Crippen molar-refractivity contribution in [2.24, 2.45) is 0 Å². The average Bonchev–Trinajstić information content (AvgIpc) is 2.77. The molecule has 6 nitrogen and oxygen atoms in total. The van der Waals surface area contributed by atoms with Crippen molar-refractivity contribution in [3.8, 4) is 6.07 Å². The van der Waals surface area contributed by atoms with E-state index in [1.165, 1.54) is 18.4 Å². The van der Waals surface area contributed by atoms with Gasteiger partial charge in [-0.2, -0.15) is 5.26 Å². The largest absolute Gasteiger partial charge is 0.365 e. The monoisotopic (exact) mass is 405 g/mol. The van der Waals surface area contributed by atoms with Gasteiger partial charge in [0.05, 0.1) is 12.1 Å². The van der Waals surface area contributed by atoms with Crippen molar-refractivity contribution >= 4 is 17.4 Å². The van der Waals surface area contributed by atoms with Crippen LogP contribution >= 0.6 is 0 Å². The van der Waals surface area contributed by atoms with E-state index in [1.54, 1.807) is 18.3 Å². The summed E-state index contributed by atoms with van der Waals surface area (Å²) in [5.41, 5.74) is 2.98. The van der Waals surface area contributed by atoms with Crippen molar-refractivity contribution in [1.29, 1.82) is 5.26 Å². The molecule has 1 aromatic heterocycles. The van der Waals surface area contributed by atoms with Crippen molar-refractivity contribution in [3.63, 3.8) is 0 Å². The van der Waals surface area contributed by atoms with Gasteiger partial charge in [0.2, 0.25) is 5.91 Å². The van der Waals surface area contributed by atoms with Crippen LogP contribution in [0.3, 0.4) is 0 Å². The Morgan fingerprint density at radius 3 is 2.70 bits per heavy atom. The molecule has 3 rings (SSSR count). The number of rotatable bonds is 7. The van der Waals surface area contributed by atoms with Crippen LogP contribution in [0.2, 0.25) is 0 Å². The number of nitrogens with zero attached hydrogens (tertiary/aromatic N) is 5. The van der Waals surface area contributed by atoms with Crippen LogP contribution in [0.5, 0.6) is 0 Å². The number of carbonyl (C=O) groups excluding carboxylic acids is 1. The zero-order valence-corrected chi connectivity index (χ0v) is 18.2. The van der Waals surface area contributed by atoms with Crippen LogP contribution < -0.4 is 9.80 Å². The molecule has 0 N–H and O–H groups in total. The van der Waals surface area contributed by atoms with Gasteiger partial charge in [0.1, 0.15) is 11.9 Å². The summed E-state index contributed by atoms with van der Waals surface area (Å²) in [4.78, 5) is 23.4. The van der Waals surface area contributed by atoms with Gasteiger partial charge in [-0.05, 0) is 49.6 Å². The molecule has 1 unspecified atom stereocenters. The number of amides is 1. The molecule has 1 aromatic carbocycles. The molecule has 30 heavy (non-hydrogen) atoms. The minimum Gasteiger partial charge on any atom is -0.365 e. The van der Waals surface area contributed by atoms with Gasteiger partial charge in [-0.3, -0.25) is 4.79 Å². The lowest BCUT2D eigenvalue weighted by atomic mass is 10.1. The number of carbonyl (C=O) groups is 1. The lowest BCUT2D eigenvalue weighted by Crippen LogP contribution is -2.55. The number of anilines is 2. The van der Waals surface area contributed by atoms with Gasteiger partial charge in [0.15, 0.2) is 0 Å². The van der Waals surface area contributed by atoms with Crippen LogP contribution in [-0.4, -0.2) is 55.1 Å². The van der Waals surface area contributed by atoms with Gasteiger partial charge < -0.3 is 14.7 Å². The molecular formula is C24H31N5O. The molecule has 1 aliphatic rings. The number of aryl methyl sites for hydroxylation is 1. The van der Waals surface area contributed by atoms with Crippen LogP contribution in [0.15, 0.2) is 42.6 Å². The lowest BCUT2D eigenvalue weighted by molar-refractivity contribution is -0.130. The Kier molecular flexibility index (Phi) is 7.29. The third-order valence-electron chi connectivity index (χ3n) is 5.73. The van der Waals surface area contributed by atoms with Crippen LogP contribution in [-0.2, 0) is 11.2 Å². The maximum atomic E-state index is 12.9. The Morgan fingerprint density at radius 2 is 2.03 bits per heavy atom. The number of nitriles is 1. The topological polar surface area (TPSA) is 63.5 Å². The Bertz CT molecular complexity index is 889. The smallest absolute Gasteiger partial charge is 0.242 e. The van der Waals surface area contributed by atoms with Crippen molar-refractivity contribution in [3.05, 3.63) is 53.7 Å². The van der Waals surface area contributed by atoms with E-state index in [0.29, 0.717) is 37.6 Å². The summed E-state index contributed by atoms with van der Waals surface area (Å²) in [5, 5.41) is 9.36. The Labute approximate surface area is 179 Å². The summed E-state index contributed by atoms with van der Waals surface area (Å²) in [6.45, 7) is 6.57. The number of piperazine rings is 1. The number of hydrogen-bond donors (Lipinski definition) is 0. The number of hydrogen-bond acceptors (Lipinski definition) is 5. The standard InChI is InChI=1S/C24H31N5O/c1-4-5-7-20-9-11-22(12-10-20)27(3)18-23(30)28-14-15-29(19(2)17-28)24-21(16-25)8-6-13-26-24/h6,8-13,19H,4-5,7,14-15,17-18H2,1-3H3. The predicted octanol–water partition coefficient (Wildman–Crippen LogP) is 3.47. The molecule has 0 aliphatic carbocycles. The number of aromatic nitrogens is 1. The van der Waals surface area contributed by atoms with Gasteiger partial charge >= 0.3 is 0 Å². The quantitative estimate of drug-likeness (QED) is 0.706. The Balaban J connectivity index is 1.57. The van der Waals surface area contributed by atoms with E-state index >= 15 is 0 Å². The van der Waals surface area contributed by atoms with Crippen LogP contribution in [0, 0.1) is 11.3 Å². The third kappa shape index (κ3) is 5.10. The molecule has 6 heteroatoms. The minimum absolute atomic E-state index is 0.104. The van der Waals surface area contributed by atoms with Crippen LogP contribution in [0.4, 0.5) is 11.5 Å². The molecule has 2 aromatic rings. The molecule has 0 saturated carbocycles. The van der Waals surface area contributed by atoms with Crippen molar-refractivity contribution in [1.82, 2.24) is 9.88 Å². The highest BCUT2D eigenvalue weighted by molar-refractivity contribution is 5.81. The van der Waals surface area contributed by atoms with Crippen molar-refractivity contribution in [2.45, 2.75) is 39.2 Å². The summed E-state index contributed by atoms with van der Waals surface area (Å²) >= 11 is 0. The van der Waals surface area contributed by atoms with Gasteiger partial charge in [-0.15, -0.1) is 0 Å². The highest BCUT2D eigenvalue weighted by Crippen LogP contribution is 2.22. The second kappa shape index (κ2) is 10.1. The molecule has 1 fully saturated rings. The fourth-order valence-electron chi connectivity index (χ4n) is 3.90. The molecule has 2 heterocycles. The number of unbranched alkanes of at least 4 members (excludes halogenated alkanes) is 1. The molecule has 1 atom stereocenters. The second-order valence-corrected chi connectivity index (χ2v) is 7.99. The number of benzene rings is 1. The molecule has 0 spiro atoms. The van der Waals surface area contributed by atoms with E-state index in [4.69, 9.17) is 0 Å². The first-order valence-electron chi connectivity index (χ1n) is 10.7. The van der Waals surface area contributed by atoms with E-state index < -0.39 is 0 Å². The summed E-state index contributed by atoms with van der Waals surface area (Å²) in [5.74, 6) is 0.834. The first-order valence-corrected chi connectivity index (χ1v) is 10.7. The van der Waals surface area contributed by atoms with Gasteiger partial charge in [0.25, 0.3) is 0 Å². The van der Waals surface area contributed by atoms with Crippen molar-refractivity contribution in [2.75, 3.05) is 43.0 Å². The highest BCUT2D eigenvalue weighted by Gasteiger charge is 2.29. The van der Waals surface area contributed by atoms with E-state index in [1.807, 2.05) is 16.8 Å². The van der Waals surface area contributed by atoms with E-state index in [0.717, 1.165) is 12.1 Å². The zero-order chi connectivity index (χ0) is 21.5. The first kappa shape index (κ1) is 21.6. The fraction of sp³-hybridized carbons (Fsp3) is 0.458. The normalized spacial score (nSPS) is 16.3. The molecule has 0 radical (unpaired) electrons. The molecule has 1 amide bonds. The summed E-state index contributed by atoms with van der Waals surface area (Å²) < 4.78 is 0. The van der Waals surface area contributed by atoms with Gasteiger partial charge in [-0.1, -0.05) is 25.5 Å². The SMILES string of the molecule is CCCCc1ccc(N(C)CC(=O)N2CCN(c3ncccc3C#N)C(C)C2)cc1. The second-order valence-electron chi connectivity index (χ2n) is 7.99. The molecule has 0 bridgehead atoms. The van der Waals surface area contributed by atoms with Gasteiger partial charge in [0, 0.05) is 44.6 Å². The summed E-state index contributed by atoms with van der Waals surface area (Å²) in [6.07, 6.45) is 5.21. The summed E-state index contributed by atoms with van der Waals surface area (Å²) in [7, 11) is 1.96. The molecular weight excluding hydrogens is 374 g/mol. The molecule has 1 aliphatic heterocycles. The maximum Gasteiger partial charge on any atom is 0.242 e. The lowest BCUT2D eigenvalue weighted by Gasteiger charge is -2.41. The van der Waals surface area contributed by atoms with Crippen LogP contribution in [0.25, 0.3) is 0 Å². The molecule has 1 saturated heterocycles.